The van der Waals surface area contributed by atoms with Crippen molar-refractivity contribution < 1.29 is 0 Å². The molecule has 3 unspecified atom stereocenters. The Morgan fingerprint density at radius 3 is 2.84 bits per heavy atom. The predicted octanol–water partition coefficient (Wildman–Crippen LogP) is 3.25. The van der Waals surface area contributed by atoms with E-state index in [9.17, 15) is 0 Å². The molecule has 0 aromatic rings. The van der Waals surface area contributed by atoms with E-state index in [1.165, 1.54) is 77.3 Å². The lowest BCUT2D eigenvalue weighted by Crippen LogP contribution is -2.39. The van der Waals surface area contributed by atoms with Crippen LogP contribution in [0.5, 0.6) is 0 Å². The molecule has 2 aliphatic heterocycles. The molecule has 1 saturated carbocycles. The molecule has 3 aliphatic rings. The number of hydrogen-bond acceptors (Lipinski definition) is 2. The molecule has 2 heterocycles. The molecule has 2 saturated heterocycles. The summed E-state index contributed by atoms with van der Waals surface area (Å²) in [7, 11) is 0. The smallest absolute Gasteiger partial charge is 0.0221 e. The van der Waals surface area contributed by atoms with Crippen molar-refractivity contribution in [1.29, 1.82) is 0 Å². The summed E-state index contributed by atoms with van der Waals surface area (Å²) in [6, 6.07) is 1.65. The van der Waals surface area contributed by atoms with Crippen LogP contribution in [0.1, 0.15) is 64.2 Å². The molecule has 1 aliphatic carbocycles. The minimum Gasteiger partial charge on any atom is -0.312 e. The Kier molecular flexibility index (Phi) is 5.17. The van der Waals surface area contributed by atoms with E-state index in [2.05, 4.69) is 16.6 Å². The molecule has 0 amide bonds. The van der Waals surface area contributed by atoms with Crippen LogP contribution in [-0.4, -0.2) is 36.6 Å². The summed E-state index contributed by atoms with van der Waals surface area (Å²) < 4.78 is 0. The highest BCUT2D eigenvalue weighted by Gasteiger charge is 2.36. The average molecular weight is 262 g/mol. The molecule has 2 radical (unpaired) electrons. The van der Waals surface area contributed by atoms with Crippen LogP contribution in [0.3, 0.4) is 0 Å². The van der Waals surface area contributed by atoms with E-state index >= 15 is 0 Å². The highest BCUT2D eigenvalue weighted by atomic mass is 15.2. The second-order valence-electron chi connectivity index (χ2n) is 6.83. The molecule has 0 bridgehead atoms. The molecule has 2 heteroatoms. The van der Waals surface area contributed by atoms with Gasteiger partial charge in [0, 0.05) is 25.2 Å². The van der Waals surface area contributed by atoms with Gasteiger partial charge in [0.05, 0.1) is 0 Å². The minimum absolute atomic E-state index is 0.791. The lowest BCUT2D eigenvalue weighted by Gasteiger charge is -2.24. The van der Waals surface area contributed by atoms with Gasteiger partial charge in [0.2, 0.25) is 0 Å². The normalized spacial score (nSPS) is 38.8. The molecule has 3 rings (SSSR count). The van der Waals surface area contributed by atoms with E-state index < -0.39 is 0 Å². The zero-order valence-corrected chi connectivity index (χ0v) is 12.4. The summed E-state index contributed by atoms with van der Waals surface area (Å²) in [5, 5.41) is 3.83. The summed E-state index contributed by atoms with van der Waals surface area (Å²) in [6.07, 6.45) is 17.7. The van der Waals surface area contributed by atoms with Crippen molar-refractivity contribution in [2.75, 3.05) is 19.6 Å². The van der Waals surface area contributed by atoms with Crippen LogP contribution < -0.4 is 5.32 Å². The molecule has 0 aromatic heterocycles. The lowest BCUT2D eigenvalue weighted by atomic mass is 10.1. The van der Waals surface area contributed by atoms with E-state index in [0.717, 1.165) is 24.5 Å². The first kappa shape index (κ1) is 13.9. The van der Waals surface area contributed by atoms with Gasteiger partial charge in [-0.2, -0.15) is 0 Å². The molecule has 3 atom stereocenters. The van der Waals surface area contributed by atoms with Crippen molar-refractivity contribution >= 4 is 0 Å². The molecule has 3 fully saturated rings. The number of nitrogens with zero attached hydrogens (tertiary/aromatic N) is 1. The van der Waals surface area contributed by atoms with Crippen LogP contribution in [0, 0.1) is 12.3 Å². The van der Waals surface area contributed by atoms with Gasteiger partial charge in [-0.05, 0) is 51.0 Å². The summed E-state index contributed by atoms with van der Waals surface area (Å²) in [4.78, 5) is 2.66. The standard InChI is InChI=1S/C17H30N2/c1-2-4-6-9-15-13-17(15)18-14-16-10-8-12-19(16)11-7-5-3-1/h15-18H,1-6,8-14H2. The fraction of sp³-hybridized carbons (Fsp3) is 0.941. The quantitative estimate of drug-likeness (QED) is 0.721. The number of fused-ring (bicyclic) bond motifs is 2. The maximum atomic E-state index is 3.83. The van der Waals surface area contributed by atoms with E-state index in [1.807, 2.05) is 0 Å². The van der Waals surface area contributed by atoms with Gasteiger partial charge < -0.3 is 5.32 Å². The Morgan fingerprint density at radius 2 is 1.84 bits per heavy atom. The van der Waals surface area contributed by atoms with Crippen LogP contribution >= 0.6 is 0 Å². The molecule has 2 nitrogen and oxygen atoms in total. The van der Waals surface area contributed by atoms with Crippen molar-refractivity contribution in [1.82, 2.24) is 10.2 Å². The lowest BCUT2D eigenvalue weighted by molar-refractivity contribution is 0.261. The van der Waals surface area contributed by atoms with E-state index in [-0.39, 0.29) is 0 Å². The molecular weight excluding hydrogens is 232 g/mol. The third kappa shape index (κ3) is 4.19. The van der Waals surface area contributed by atoms with Crippen molar-refractivity contribution in [2.24, 2.45) is 5.92 Å². The van der Waals surface area contributed by atoms with Gasteiger partial charge in [-0.1, -0.05) is 32.1 Å². The molecular formula is C17H30N2. The number of hydrogen-bond donors (Lipinski definition) is 1. The van der Waals surface area contributed by atoms with Gasteiger partial charge in [-0.15, -0.1) is 0 Å². The second kappa shape index (κ2) is 7.08. The Bertz CT molecular complexity index is 266. The van der Waals surface area contributed by atoms with Gasteiger partial charge >= 0.3 is 0 Å². The summed E-state index contributed by atoms with van der Waals surface area (Å²) in [6.45, 7) is 3.64. The van der Waals surface area contributed by atoms with Crippen molar-refractivity contribution in [3.05, 3.63) is 6.42 Å². The highest BCUT2D eigenvalue weighted by Crippen LogP contribution is 2.35. The Balaban J connectivity index is 1.47. The van der Waals surface area contributed by atoms with E-state index in [0.29, 0.717) is 0 Å². The molecule has 1 N–H and O–H groups in total. The van der Waals surface area contributed by atoms with Crippen LogP contribution in [0.15, 0.2) is 0 Å². The Morgan fingerprint density at radius 1 is 0.947 bits per heavy atom. The van der Waals surface area contributed by atoms with Crippen LogP contribution in [0.25, 0.3) is 0 Å². The van der Waals surface area contributed by atoms with E-state index in [1.54, 1.807) is 0 Å². The zero-order chi connectivity index (χ0) is 12.9. The van der Waals surface area contributed by atoms with Gasteiger partial charge in [-0.25, -0.2) is 0 Å². The Labute approximate surface area is 119 Å². The number of nitrogens with one attached hydrogen (secondary N) is 1. The number of rotatable bonds is 0. The van der Waals surface area contributed by atoms with Crippen molar-refractivity contribution in [2.45, 2.75) is 76.3 Å². The third-order valence-electron chi connectivity index (χ3n) is 5.28. The average Bonchev–Trinajstić information content (AvgIpc) is 3.01. The largest absolute Gasteiger partial charge is 0.312 e. The SMILES string of the molecule is [C]1CCCCCCCC2CC2NCC2CCCN2C1. The summed E-state index contributed by atoms with van der Waals surface area (Å²) >= 11 is 0. The maximum absolute atomic E-state index is 3.83. The fourth-order valence-electron chi connectivity index (χ4n) is 3.85. The molecule has 108 valence electrons. The molecule has 19 heavy (non-hydrogen) atoms. The third-order valence-corrected chi connectivity index (χ3v) is 5.28. The van der Waals surface area contributed by atoms with Crippen LogP contribution in [-0.2, 0) is 0 Å². The molecule has 0 aromatic carbocycles. The maximum Gasteiger partial charge on any atom is 0.0221 e. The highest BCUT2D eigenvalue weighted by molar-refractivity contribution is 4.95. The van der Waals surface area contributed by atoms with Crippen molar-refractivity contribution in [3.63, 3.8) is 0 Å². The first-order valence-corrected chi connectivity index (χ1v) is 8.61. The summed E-state index contributed by atoms with van der Waals surface area (Å²) in [5.74, 6) is 1.01. The first-order valence-electron chi connectivity index (χ1n) is 8.61. The fourth-order valence-corrected chi connectivity index (χ4v) is 3.85. The predicted molar refractivity (Wildman–Crippen MR) is 80.1 cm³/mol. The van der Waals surface area contributed by atoms with Crippen LogP contribution in [0.4, 0.5) is 0 Å². The molecule has 0 spiro atoms. The minimum atomic E-state index is 0.791. The summed E-state index contributed by atoms with van der Waals surface area (Å²) in [5.41, 5.74) is 0. The Hall–Kier alpha value is -0.0800. The van der Waals surface area contributed by atoms with Gasteiger partial charge in [0.15, 0.2) is 0 Å². The van der Waals surface area contributed by atoms with E-state index in [4.69, 9.17) is 0 Å². The topological polar surface area (TPSA) is 15.3 Å². The van der Waals surface area contributed by atoms with Crippen molar-refractivity contribution in [3.8, 4) is 0 Å². The van der Waals surface area contributed by atoms with Crippen LogP contribution in [0.2, 0.25) is 0 Å². The second-order valence-corrected chi connectivity index (χ2v) is 6.83. The van der Waals surface area contributed by atoms with Gasteiger partial charge in [0.1, 0.15) is 0 Å². The first-order chi connectivity index (χ1) is 9.43. The zero-order valence-electron chi connectivity index (χ0n) is 12.4. The van der Waals surface area contributed by atoms with Gasteiger partial charge in [0.25, 0.3) is 0 Å². The monoisotopic (exact) mass is 262 g/mol. The van der Waals surface area contributed by atoms with Gasteiger partial charge in [-0.3, -0.25) is 4.90 Å².